The van der Waals surface area contributed by atoms with Gasteiger partial charge in [0.1, 0.15) is 0 Å². The van der Waals surface area contributed by atoms with E-state index in [1.807, 2.05) is 12.2 Å². The average Bonchev–Trinajstić information content (AvgIpc) is 2.29. The fraction of sp³-hybridized carbons (Fsp3) is 0.182. The zero-order valence-electron chi connectivity index (χ0n) is 8.43. The summed E-state index contributed by atoms with van der Waals surface area (Å²) in [5.74, 6) is 0. The van der Waals surface area contributed by atoms with Gasteiger partial charge >= 0.3 is 0 Å². The highest BCUT2D eigenvalue weighted by molar-refractivity contribution is 9.09. The highest BCUT2D eigenvalue weighted by Gasteiger charge is 2.12. The standard InChI is InChI=1S/C11H10BrNO3/c12-6-2-1-3-9-4-5-11(13(15)16)10(7-9)8-14/h1,3-5,7-8H,2,6H2. The van der Waals surface area contributed by atoms with Crippen LogP contribution in [0.4, 0.5) is 5.69 Å². The van der Waals surface area contributed by atoms with E-state index >= 15 is 0 Å². The monoisotopic (exact) mass is 283 g/mol. The molecule has 0 saturated heterocycles. The van der Waals surface area contributed by atoms with E-state index in [2.05, 4.69) is 15.9 Å². The van der Waals surface area contributed by atoms with Crippen molar-refractivity contribution in [2.45, 2.75) is 6.42 Å². The number of hydrogen-bond donors (Lipinski definition) is 0. The van der Waals surface area contributed by atoms with Crippen molar-refractivity contribution in [2.75, 3.05) is 5.33 Å². The average molecular weight is 284 g/mol. The van der Waals surface area contributed by atoms with Crippen LogP contribution < -0.4 is 0 Å². The first-order valence-corrected chi connectivity index (χ1v) is 5.77. The van der Waals surface area contributed by atoms with Crippen LogP contribution >= 0.6 is 15.9 Å². The molecule has 0 atom stereocenters. The predicted octanol–water partition coefficient (Wildman–Crippen LogP) is 3.21. The lowest BCUT2D eigenvalue weighted by molar-refractivity contribution is -0.385. The first-order valence-electron chi connectivity index (χ1n) is 4.65. The Morgan fingerprint density at radius 1 is 1.44 bits per heavy atom. The van der Waals surface area contributed by atoms with Crippen LogP contribution in [0.5, 0.6) is 0 Å². The number of carbonyl (C=O) groups excluding carboxylic acids is 1. The molecule has 1 aromatic rings. The molecular formula is C11H10BrNO3. The Labute approximate surface area is 101 Å². The zero-order chi connectivity index (χ0) is 12.0. The number of hydrogen-bond acceptors (Lipinski definition) is 3. The van der Waals surface area contributed by atoms with Gasteiger partial charge in [-0.15, -0.1) is 0 Å². The van der Waals surface area contributed by atoms with Crippen molar-refractivity contribution in [3.63, 3.8) is 0 Å². The maximum absolute atomic E-state index is 10.7. The minimum absolute atomic E-state index is 0.103. The number of carbonyl (C=O) groups is 1. The van der Waals surface area contributed by atoms with E-state index in [-0.39, 0.29) is 11.3 Å². The minimum Gasteiger partial charge on any atom is -0.298 e. The smallest absolute Gasteiger partial charge is 0.279 e. The SMILES string of the molecule is O=Cc1cc(C=CCCBr)ccc1[N+](=O)[O-]. The molecule has 0 bridgehead atoms. The van der Waals surface area contributed by atoms with Crippen LogP contribution in [-0.4, -0.2) is 16.5 Å². The number of nitro benzene ring substituents is 1. The summed E-state index contributed by atoms with van der Waals surface area (Å²) >= 11 is 3.29. The van der Waals surface area contributed by atoms with E-state index in [1.165, 1.54) is 12.1 Å². The predicted molar refractivity (Wildman–Crippen MR) is 65.9 cm³/mol. The van der Waals surface area contributed by atoms with Gasteiger partial charge in [0, 0.05) is 11.4 Å². The van der Waals surface area contributed by atoms with Crippen LogP contribution in [-0.2, 0) is 0 Å². The summed E-state index contributed by atoms with van der Waals surface area (Å²) in [6.45, 7) is 0. The number of aldehydes is 1. The fourth-order valence-corrected chi connectivity index (χ4v) is 1.48. The summed E-state index contributed by atoms with van der Waals surface area (Å²) in [6, 6.07) is 4.48. The maximum Gasteiger partial charge on any atom is 0.279 e. The molecule has 4 nitrogen and oxygen atoms in total. The van der Waals surface area contributed by atoms with Gasteiger partial charge in [0.2, 0.25) is 0 Å². The van der Waals surface area contributed by atoms with E-state index in [0.717, 1.165) is 17.3 Å². The van der Waals surface area contributed by atoms with Crippen LogP contribution in [0.2, 0.25) is 0 Å². The number of alkyl halides is 1. The lowest BCUT2D eigenvalue weighted by Crippen LogP contribution is -1.94. The second-order valence-electron chi connectivity index (χ2n) is 3.07. The summed E-state index contributed by atoms with van der Waals surface area (Å²) in [5.41, 5.74) is 0.729. The molecule has 0 fully saturated rings. The van der Waals surface area contributed by atoms with Crippen molar-refractivity contribution >= 4 is 34.0 Å². The zero-order valence-corrected chi connectivity index (χ0v) is 10.0. The third-order valence-electron chi connectivity index (χ3n) is 1.96. The molecule has 1 rings (SSSR count). The number of halogens is 1. The van der Waals surface area contributed by atoms with Crippen molar-refractivity contribution in [3.8, 4) is 0 Å². The molecule has 16 heavy (non-hydrogen) atoms. The molecule has 0 aliphatic carbocycles. The van der Waals surface area contributed by atoms with Crippen molar-refractivity contribution in [1.29, 1.82) is 0 Å². The van der Waals surface area contributed by atoms with Crippen LogP contribution in [0, 0.1) is 10.1 Å². The molecule has 0 aliphatic heterocycles. The van der Waals surface area contributed by atoms with Crippen LogP contribution in [0.15, 0.2) is 24.3 Å². The van der Waals surface area contributed by atoms with Gasteiger partial charge in [0.25, 0.3) is 5.69 Å². The summed E-state index contributed by atoms with van der Waals surface area (Å²) in [4.78, 5) is 20.7. The third-order valence-corrected chi connectivity index (χ3v) is 2.42. The van der Waals surface area contributed by atoms with Gasteiger partial charge in [0.15, 0.2) is 6.29 Å². The Morgan fingerprint density at radius 2 is 2.19 bits per heavy atom. The summed E-state index contributed by atoms with van der Waals surface area (Å²) in [7, 11) is 0. The maximum atomic E-state index is 10.7. The van der Waals surface area contributed by atoms with Crippen LogP contribution in [0.3, 0.4) is 0 Å². The molecule has 0 unspecified atom stereocenters. The first kappa shape index (κ1) is 12.6. The van der Waals surface area contributed by atoms with Crippen molar-refractivity contribution in [2.24, 2.45) is 0 Å². The van der Waals surface area contributed by atoms with E-state index < -0.39 is 4.92 Å². The Balaban J connectivity index is 2.99. The van der Waals surface area contributed by atoms with E-state index in [1.54, 1.807) is 6.07 Å². The number of nitro groups is 1. The normalized spacial score (nSPS) is 10.6. The van der Waals surface area contributed by atoms with Crippen molar-refractivity contribution in [3.05, 3.63) is 45.5 Å². The fourth-order valence-electron chi connectivity index (χ4n) is 1.22. The van der Waals surface area contributed by atoms with E-state index in [4.69, 9.17) is 0 Å². The van der Waals surface area contributed by atoms with Gasteiger partial charge in [0.05, 0.1) is 10.5 Å². The Morgan fingerprint density at radius 3 is 2.75 bits per heavy atom. The molecule has 0 radical (unpaired) electrons. The molecule has 0 amide bonds. The second-order valence-corrected chi connectivity index (χ2v) is 3.87. The number of benzene rings is 1. The van der Waals surface area contributed by atoms with Gasteiger partial charge in [-0.2, -0.15) is 0 Å². The Kier molecular flexibility index (Phi) is 4.85. The molecular weight excluding hydrogens is 274 g/mol. The summed E-state index contributed by atoms with van der Waals surface area (Å²) in [5, 5.41) is 11.4. The van der Waals surface area contributed by atoms with E-state index in [9.17, 15) is 14.9 Å². The largest absolute Gasteiger partial charge is 0.298 e. The number of nitrogens with zero attached hydrogens (tertiary/aromatic N) is 1. The Bertz CT molecular complexity index is 429. The molecule has 5 heteroatoms. The molecule has 84 valence electrons. The topological polar surface area (TPSA) is 60.2 Å². The molecule has 0 aliphatic rings. The van der Waals surface area contributed by atoms with Crippen LogP contribution in [0.25, 0.3) is 6.08 Å². The summed E-state index contributed by atoms with van der Waals surface area (Å²) < 4.78 is 0. The van der Waals surface area contributed by atoms with Crippen LogP contribution in [0.1, 0.15) is 22.3 Å². The number of allylic oxidation sites excluding steroid dienone is 1. The van der Waals surface area contributed by atoms with Gasteiger partial charge in [-0.3, -0.25) is 14.9 Å². The lowest BCUT2D eigenvalue weighted by atomic mass is 10.1. The summed E-state index contributed by atoms with van der Waals surface area (Å²) in [6.07, 6.45) is 5.13. The third kappa shape index (κ3) is 3.27. The highest BCUT2D eigenvalue weighted by Crippen LogP contribution is 2.19. The van der Waals surface area contributed by atoms with Gasteiger partial charge in [-0.25, -0.2) is 0 Å². The Hall–Kier alpha value is -1.49. The van der Waals surface area contributed by atoms with Crippen molar-refractivity contribution < 1.29 is 9.72 Å². The molecule has 0 aromatic heterocycles. The molecule has 0 N–H and O–H groups in total. The first-order chi connectivity index (χ1) is 7.69. The van der Waals surface area contributed by atoms with E-state index in [0.29, 0.717) is 6.29 Å². The minimum atomic E-state index is -0.560. The molecule has 1 aromatic carbocycles. The molecule has 0 saturated carbocycles. The quantitative estimate of drug-likeness (QED) is 0.361. The van der Waals surface area contributed by atoms with Gasteiger partial charge in [-0.1, -0.05) is 28.1 Å². The highest BCUT2D eigenvalue weighted by atomic mass is 79.9. The second kappa shape index (κ2) is 6.17. The van der Waals surface area contributed by atoms with Crippen molar-refractivity contribution in [1.82, 2.24) is 0 Å². The van der Waals surface area contributed by atoms with Gasteiger partial charge in [-0.05, 0) is 24.1 Å². The van der Waals surface area contributed by atoms with Gasteiger partial charge < -0.3 is 0 Å². The molecule has 0 spiro atoms. The lowest BCUT2D eigenvalue weighted by Gasteiger charge is -1.97. The molecule has 0 heterocycles. The number of rotatable bonds is 5.